The van der Waals surface area contributed by atoms with Crippen LogP contribution < -0.4 is 5.73 Å². The molecule has 0 fully saturated rings. The number of hydrogen-bond acceptors (Lipinski definition) is 10. The zero-order valence-corrected chi connectivity index (χ0v) is 39.4. The highest BCUT2D eigenvalue weighted by atomic mass is 31.2. The van der Waals surface area contributed by atoms with Gasteiger partial charge >= 0.3 is 19.8 Å². The molecule has 0 saturated heterocycles. The Morgan fingerprint density at radius 1 is 0.689 bits per heavy atom. The Kier molecular flexibility index (Phi) is 34.8. The number of aliphatic hydroxyl groups excluding tert-OH is 1. The van der Waals surface area contributed by atoms with E-state index in [1.54, 1.807) is 6.08 Å². The molecule has 0 radical (unpaired) electrons. The molecule has 1 aromatic heterocycles. The van der Waals surface area contributed by atoms with Crippen molar-refractivity contribution in [2.75, 3.05) is 26.4 Å². The van der Waals surface area contributed by atoms with Gasteiger partial charge in [0.1, 0.15) is 18.1 Å². The van der Waals surface area contributed by atoms with Crippen LogP contribution in [0.4, 0.5) is 0 Å². The smallest absolute Gasteiger partial charge is 0.466 e. The fourth-order valence-electron chi connectivity index (χ4n) is 6.65. The van der Waals surface area contributed by atoms with Gasteiger partial charge < -0.3 is 29.6 Å². The molecule has 61 heavy (non-hydrogen) atoms. The van der Waals surface area contributed by atoms with Crippen molar-refractivity contribution < 1.29 is 47.1 Å². The second-order valence-corrected chi connectivity index (χ2v) is 17.5. The first-order valence-corrected chi connectivity index (χ1v) is 25.1. The summed E-state index contributed by atoms with van der Waals surface area (Å²) in [5, 5.41) is 10.0. The summed E-state index contributed by atoms with van der Waals surface area (Å²) in [6.45, 7) is 7.88. The third kappa shape index (κ3) is 31.7. The molecule has 350 valence electrons. The van der Waals surface area contributed by atoms with Crippen LogP contribution in [0.3, 0.4) is 0 Å². The molecule has 1 aromatic rings. The van der Waals surface area contributed by atoms with Gasteiger partial charge in [0.25, 0.3) is 0 Å². The largest absolute Gasteiger partial charge is 0.472 e. The van der Waals surface area contributed by atoms with Gasteiger partial charge in [0.2, 0.25) is 0 Å². The molecule has 0 saturated carbocycles. The summed E-state index contributed by atoms with van der Waals surface area (Å²) >= 11 is 0. The number of phosphoric acid groups is 1. The summed E-state index contributed by atoms with van der Waals surface area (Å²) in [5.74, 6) is 1.41. The number of esters is 2. The summed E-state index contributed by atoms with van der Waals surface area (Å²) in [5.41, 5.74) is 8.03. The second kappa shape index (κ2) is 37.7. The normalized spacial score (nSPS) is 14.1. The van der Waals surface area contributed by atoms with Crippen molar-refractivity contribution in [2.45, 2.75) is 200 Å². The molecule has 0 aromatic carbocycles. The summed E-state index contributed by atoms with van der Waals surface area (Å²) in [4.78, 5) is 35.0. The lowest BCUT2D eigenvalue weighted by Gasteiger charge is -2.19. The van der Waals surface area contributed by atoms with Crippen LogP contribution in [0.15, 0.2) is 53.0 Å². The van der Waals surface area contributed by atoms with Crippen molar-refractivity contribution in [1.82, 2.24) is 0 Å². The van der Waals surface area contributed by atoms with Gasteiger partial charge in [-0.1, -0.05) is 140 Å². The summed E-state index contributed by atoms with van der Waals surface area (Å²) < 4.78 is 39.0. The van der Waals surface area contributed by atoms with E-state index < -0.39 is 38.6 Å². The maximum atomic E-state index is 12.7. The maximum absolute atomic E-state index is 12.7. The summed E-state index contributed by atoms with van der Waals surface area (Å²) in [7, 11) is -4.42. The summed E-state index contributed by atoms with van der Waals surface area (Å²) in [6, 6.07) is 0. The van der Waals surface area contributed by atoms with E-state index >= 15 is 0 Å². The third-order valence-electron chi connectivity index (χ3n) is 10.5. The maximum Gasteiger partial charge on any atom is 0.472 e. The van der Waals surface area contributed by atoms with Crippen LogP contribution in [-0.4, -0.2) is 60.5 Å². The Bertz CT molecular complexity index is 1430. The molecular formula is C49H84NO10P. The van der Waals surface area contributed by atoms with E-state index in [4.69, 9.17) is 28.7 Å². The lowest BCUT2D eigenvalue weighted by Crippen LogP contribution is -2.29. The van der Waals surface area contributed by atoms with E-state index in [0.29, 0.717) is 25.7 Å². The van der Waals surface area contributed by atoms with Gasteiger partial charge in [-0.05, 0) is 82.8 Å². The van der Waals surface area contributed by atoms with Crippen LogP contribution in [0.1, 0.15) is 184 Å². The van der Waals surface area contributed by atoms with E-state index in [-0.39, 0.29) is 32.6 Å². The fourth-order valence-corrected chi connectivity index (χ4v) is 7.42. The Morgan fingerprint density at radius 2 is 1.26 bits per heavy atom. The number of hydrogen-bond donors (Lipinski definition) is 3. The molecule has 1 rings (SSSR count). The minimum Gasteiger partial charge on any atom is -0.466 e. The highest BCUT2D eigenvalue weighted by molar-refractivity contribution is 7.47. The first-order valence-electron chi connectivity index (χ1n) is 23.6. The predicted molar refractivity (Wildman–Crippen MR) is 247 cm³/mol. The number of rotatable bonds is 40. The molecule has 1 unspecified atom stereocenters. The number of aliphatic hydroxyl groups is 1. The predicted octanol–water partition coefficient (Wildman–Crippen LogP) is 12.1. The van der Waals surface area contributed by atoms with Crippen molar-refractivity contribution in [1.29, 1.82) is 0 Å². The monoisotopic (exact) mass is 878 g/mol. The van der Waals surface area contributed by atoms with Crippen molar-refractivity contribution in [3.8, 4) is 0 Å². The molecule has 0 amide bonds. The number of nitrogens with two attached hydrogens (primary N) is 1. The number of carbonyl (C=O) groups excluding carboxylic acids is 2. The van der Waals surface area contributed by atoms with E-state index in [2.05, 4.69) is 33.8 Å². The van der Waals surface area contributed by atoms with E-state index in [0.717, 1.165) is 51.4 Å². The van der Waals surface area contributed by atoms with Gasteiger partial charge in [-0.2, -0.15) is 0 Å². The zero-order chi connectivity index (χ0) is 44.8. The molecule has 4 N–H and O–H groups in total. The molecule has 1 heterocycles. The van der Waals surface area contributed by atoms with E-state index in [1.807, 2.05) is 36.5 Å². The molecule has 0 aliphatic carbocycles. The first kappa shape index (κ1) is 56.2. The number of unbranched alkanes of at least 4 members (excludes halogenated alkanes) is 15. The van der Waals surface area contributed by atoms with Crippen molar-refractivity contribution >= 4 is 19.8 Å². The van der Waals surface area contributed by atoms with Crippen LogP contribution in [0.5, 0.6) is 0 Å². The van der Waals surface area contributed by atoms with Crippen molar-refractivity contribution in [3.63, 3.8) is 0 Å². The molecule has 12 heteroatoms. The lowest BCUT2D eigenvalue weighted by atomic mass is 10.0. The van der Waals surface area contributed by atoms with Gasteiger partial charge in [0, 0.05) is 32.2 Å². The van der Waals surface area contributed by atoms with Crippen LogP contribution in [0, 0.1) is 13.8 Å². The average Bonchev–Trinajstić information content (AvgIpc) is 3.51. The molecule has 0 aliphatic heterocycles. The minimum absolute atomic E-state index is 0.0302. The van der Waals surface area contributed by atoms with Gasteiger partial charge in [-0.25, -0.2) is 4.57 Å². The summed E-state index contributed by atoms with van der Waals surface area (Å²) in [6.07, 6.45) is 38.5. The van der Waals surface area contributed by atoms with Crippen LogP contribution in [-0.2, 0) is 45.5 Å². The highest BCUT2D eigenvalue weighted by Gasteiger charge is 2.26. The quantitative estimate of drug-likeness (QED) is 0.0189. The van der Waals surface area contributed by atoms with Crippen LogP contribution in [0.25, 0.3) is 0 Å². The van der Waals surface area contributed by atoms with Crippen molar-refractivity contribution in [2.24, 2.45) is 5.73 Å². The Labute approximate surface area is 369 Å². The Hall–Kier alpha value is -2.79. The average molecular weight is 878 g/mol. The highest BCUT2D eigenvalue weighted by Crippen LogP contribution is 2.43. The number of carbonyl (C=O) groups is 2. The van der Waals surface area contributed by atoms with Gasteiger partial charge in [0.05, 0.1) is 19.3 Å². The number of furan rings is 1. The SMILES string of the molecule is CCCCC/C=C\C[C@@H](O)/C=C/C=C\C/C=C\CCCC(=O)OC[C@H](COP(=O)(O)OCCN)OC(=O)CCCCCCCCCCCCc1oc(CCCCC)c(C)c1C. The standard InChI is InChI=1S/C49H84NO10P/c1-5-7-9-10-21-27-32-44(51)33-28-22-17-15-16-19-24-30-36-48(52)56-40-45(41-58-61(54,55)57-39-38-50)59-49(53)37-31-25-20-14-12-11-13-18-23-29-35-47-43(4)42(3)46(60-47)34-26-8-6-2/h16-17,19,21-22,27-28,33,44-45,51H,5-15,18,20,23-26,29-32,34-41,50H2,1-4H3,(H,54,55)/b19-16-,22-17-,27-21-,33-28+/t44-,45-/m1/s1. The van der Waals surface area contributed by atoms with Gasteiger partial charge in [0.15, 0.2) is 6.10 Å². The molecule has 0 bridgehead atoms. The van der Waals surface area contributed by atoms with Crippen LogP contribution in [0.2, 0.25) is 0 Å². The molecule has 3 atom stereocenters. The fraction of sp³-hybridized carbons (Fsp3) is 0.714. The van der Waals surface area contributed by atoms with Gasteiger partial charge in [-0.3, -0.25) is 18.6 Å². The molecule has 0 spiro atoms. The number of aryl methyl sites for hydroxylation is 2. The van der Waals surface area contributed by atoms with Crippen molar-refractivity contribution in [3.05, 3.63) is 71.3 Å². The minimum atomic E-state index is -4.42. The molecule has 11 nitrogen and oxygen atoms in total. The second-order valence-electron chi connectivity index (χ2n) is 16.1. The zero-order valence-electron chi connectivity index (χ0n) is 38.5. The third-order valence-corrected chi connectivity index (χ3v) is 11.5. The van der Waals surface area contributed by atoms with E-state index in [1.165, 1.54) is 93.3 Å². The molecular weight excluding hydrogens is 794 g/mol. The Balaban J connectivity index is 2.28. The van der Waals surface area contributed by atoms with Crippen LogP contribution >= 0.6 is 7.82 Å². The first-order chi connectivity index (χ1) is 29.5. The Morgan fingerprint density at radius 3 is 1.92 bits per heavy atom. The lowest BCUT2D eigenvalue weighted by molar-refractivity contribution is -0.161. The van der Waals surface area contributed by atoms with Gasteiger partial charge in [-0.15, -0.1) is 0 Å². The number of phosphoric ester groups is 1. The van der Waals surface area contributed by atoms with E-state index in [9.17, 15) is 24.2 Å². The molecule has 0 aliphatic rings. The topological polar surface area (TPSA) is 168 Å². The number of allylic oxidation sites excluding steroid dienone is 6. The number of ether oxygens (including phenoxy) is 2.